The van der Waals surface area contributed by atoms with E-state index >= 15 is 0 Å². The van der Waals surface area contributed by atoms with E-state index in [0.29, 0.717) is 11.8 Å². The van der Waals surface area contributed by atoms with Crippen molar-refractivity contribution in [3.8, 4) is 0 Å². The normalized spacial score (nSPS) is 21.1. The Hall–Kier alpha value is -0.590. The fourth-order valence-corrected chi connectivity index (χ4v) is 2.46. The lowest BCUT2D eigenvalue weighted by Crippen LogP contribution is -2.17. The Morgan fingerprint density at radius 1 is 1.60 bits per heavy atom. The van der Waals surface area contributed by atoms with Crippen molar-refractivity contribution >= 4 is 11.8 Å². The highest BCUT2D eigenvalue weighted by atomic mass is 32.2. The van der Waals surface area contributed by atoms with Crippen LogP contribution in [-0.2, 0) is 7.05 Å². The van der Waals surface area contributed by atoms with E-state index in [9.17, 15) is 0 Å². The topological polar surface area (TPSA) is 63.0 Å². The van der Waals surface area contributed by atoms with E-state index in [2.05, 4.69) is 15.5 Å². The van der Waals surface area contributed by atoms with E-state index in [0.717, 1.165) is 23.9 Å². The van der Waals surface area contributed by atoms with Crippen LogP contribution >= 0.6 is 11.8 Å². The van der Waals surface area contributed by atoms with Crippen LogP contribution in [0.2, 0.25) is 0 Å². The number of nitrogens with zero attached hydrogens (tertiary/aromatic N) is 3. The molecule has 15 heavy (non-hydrogen) atoms. The van der Waals surface area contributed by atoms with E-state index in [1.165, 1.54) is 18.2 Å². The quantitative estimate of drug-likeness (QED) is 0.727. The maximum Gasteiger partial charge on any atom is 0.191 e. The Balaban J connectivity index is 2.08. The van der Waals surface area contributed by atoms with Crippen molar-refractivity contribution < 1.29 is 5.11 Å². The van der Waals surface area contributed by atoms with Crippen molar-refractivity contribution in [2.75, 3.05) is 18.9 Å². The van der Waals surface area contributed by atoms with Crippen LogP contribution in [-0.4, -0.2) is 38.8 Å². The smallest absolute Gasteiger partial charge is 0.191 e. The van der Waals surface area contributed by atoms with Crippen molar-refractivity contribution in [3.63, 3.8) is 0 Å². The van der Waals surface area contributed by atoms with Crippen LogP contribution in [0.25, 0.3) is 0 Å². The van der Waals surface area contributed by atoms with Gasteiger partial charge in [0.25, 0.3) is 0 Å². The molecular formula is C9H16N4OS. The lowest BCUT2D eigenvalue weighted by atomic mass is 10.2. The molecule has 2 rings (SSSR count). The van der Waals surface area contributed by atoms with E-state index in [1.54, 1.807) is 0 Å². The third kappa shape index (κ3) is 2.32. The van der Waals surface area contributed by atoms with Crippen molar-refractivity contribution in [1.82, 2.24) is 20.1 Å². The number of aliphatic hydroxyl groups excluding tert-OH is 1. The molecule has 0 radical (unpaired) electrons. The van der Waals surface area contributed by atoms with Crippen LogP contribution in [0, 0.1) is 0 Å². The molecule has 0 amide bonds. The highest BCUT2D eigenvalue weighted by molar-refractivity contribution is 7.99. The number of aromatic nitrogens is 3. The van der Waals surface area contributed by atoms with Crippen LogP contribution in [0.1, 0.15) is 24.7 Å². The fourth-order valence-electron chi connectivity index (χ4n) is 1.80. The molecule has 2 heterocycles. The van der Waals surface area contributed by atoms with Crippen LogP contribution in [0.4, 0.5) is 0 Å². The molecule has 0 saturated carbocycles. The number of hydrogen-bond donors (Lipinski definition) is 2. The summed E-state index contributed by atoms with van der Waals surface area (Å²) in [5.41, 5.74) is 0. The average Bonchev–Trinajstić information content (AvgIpc) is 2.84. The molecule has 1 saturated heterocycles. The minimum Gasteiger partial charge on any atom is -0.396 e. The van der Waals surface area contributed by atoms with Crippen LogP contribution in [0.5, 0.6) is 0 Å². The molecule has 1 atom stereocenters. The Bertz CT molecular complexity index is 322. The highest BCUT2D eigenvalue weighted by Gasteiger charge is 2.22. The summed E-state index contributed by atoms with van der Waals surface area (Å²) >= 11 is 1.54. The second-order valence-electron chi connectivity index (χ2n) is 3.62. The number of aliphatic hydroxyl groups is 1. The Morgan fingerprint density at radius 2 is 2.47 bits per heavy atom. The van der Waals surface area contributed by atoms with Gasteiger partial charge in [0, 0.05) is 12.8 Å². The van der Waals surface area contributed by atoms with E-state index in [4.69, 9.17) is 5.11 Å². The third-order valence-corrected chi connectivity index (χ3v) is 3.56. The second kappa shape index (κ2) is 4.96. The number of thioether (sulfide) groups is 1. The lowest BCUT2D eigenvalue weighted by molar-refractivity contribution is 0.322. The molecule has 0 aliphatic carbocycles. The van der Waals surface area contributed by atoms with Gasteiger partial charge in [-0.2, -0.15) is 0 Å². The van der Waals surface area contributed by atoms with Crippen LogP contribution in [0.15, 0.2) is 5.16 Å². The van der Waals surface area contributed by atoms with Gasteiger partial charge < -0.3 is 15.0 Å². The summed E-state index contributed by atoms with van der Waals surface area (Å²) in [5, 5.41) is 21.4. The molecule has 0 aromatic carbocycles. The minimum atomic E-state index is 0.175. The van der Waals surface area contributed by atoms with Gasteiger partial charge in [-0.05, 0) is 19.4 Å². The first kappa shape index (κ1) is 10.9. The molecule has 1 aromatic rings. The summed E-state index contributed by atoms with van der Waals surface area (Å²) in [6, 6.07) is 0.353. The first-order valence-corrected chi connectivity index (χ1v) is 6.18. The van der Waals surface area contributed by atoms with Gasteiger partial charge in [-0.15, -0.1) is 10.2 Å². The molecule has 1 aromatic heterocycles. The van der Waals surface area contributed by atoms with Gasteiger partial charge in [0.1, 0.15) is 0 Å². The largest absolute Gasteiger partial charge is 0.396 e. The average molecular weight is 228 g/mol. The highest BCUT2D eigenvalue weighted by Crippen LogP contribution is 2.24. The van der Waals surface area contributed by atoms with Crippen molar-refractivity contribution in [1.29, 1.82) is 0 Å². The zero-order chi connectivity index (χ0) is 10.7. The number of rotatable bonds is 4. The van der Waals surface area contributed by atoms with Gasteiger partial charge >= 0.3 is 0 Å². The summed E-state index contributed by atoms with van der Waals surface area (Å²) in [5.74, 6) is 1.68. The summed E-state index contributed by atoms with van der Waals surface area (Å²) in [6.45, 7) is 1.24. The molecule has 6 heteroatoms. The lowest BCUT2D eigenvalue weighted by Gasteiger charge is -2.09. The Kier molecular flexibility index (Phi) is 3.61. The predicted molar refractivity (Wildman–Crippen MR) is 58.8 cm³/mol. The van der Waals surface area contributed by atoms with Crippen LogP contribution < -0.4 is 5.32 Å². The maximum atomic E-state index is 8.75. The zero-order valence-corrected chi connectivity index (χ0v) is 9.63. The van der Waals surface area contributed by atoms with E-state index in [1.807, 2.05) is 11.6 Å². The summed E-state index contributed by atoms with van der Waals surface area (Å²) in [4.78, 5) is 0. The maximum absolute atomic E-state index is 8.75. The molecule has 1 fully saturated rings. The minimum absolute atomic E-state index is 0.175. The third-order valence-electron chi connectivity index (χ3n) is 2.56. The zero-order valence-electron chi connectivity index (χ0n) is 8.81. The van der Waals surface area contributed by atoms with Crippen molar-refractivity contribution in [2.24, 2.45) is 7.05 Å². The molecule has 1 aliphatic rings. The SMILES string of the molecule is Cn1c(SCCO)nnc1[C@@H]1CCCN1. The summed E-state index contributed by atoms with van der Waals surface area (Å²) < 4.78 is 2.02. The first-order valence-electron chi connectivity index (χ1n) is 5.19. The van der Waals surface area contributed by atoms with Gasteiger partial charge in [-0.3, -0.25) is 0 Å². The van der Waals surface area contributed by atoms with Crippen LogP contribution in [0.3, 0.4) is 0 Å². The summed E-state index contributed by atoms with van der Waals surface area (Å²) in [6.07, 6.45) is 2.34. The Labute approximate surface area is 93.3 Å². The first-order chi connectivity index (χ1) is 7.33. The van der Waals surface area contributed by atoms with Gasteiger partial charge in [-0.1, -0.05) is 11.8 Å². The molecule has 84 valence electrons. The number of hydrogen-bond acceptors (Lipinski definition) is 5. The molecule has 2 N–H and O–H groups in total. The number of nitrogens with one attached hydrogen (secondary N) is 1. The van der Waals surface area contributed by atoms with Gasteiger partial charge in [0.05, 0.1) is 12.6 Å². The van der Waals surface area contributed by atoms with E-state index < -0.39 is 0 Å². The fraction of sp³-hybridized carbons (Fsp3) is 0.778. The monoisotopic (exact) mass is 228 g/mol. The molecule has 5 nitrogen and oxygen atoms in total. The van der Waals surface area contributed by atoms with Crippen molar-refractivity contribution in [2.45, 2.75) is 24.0 Å². The molecule has 0 unspecified atom stereocenters. The molecule has 1 aliphatic heterocycles. The summed E-state index contributed by atoms with van der Waals surface area (Å²) in [7, 11) is 1.98. The van der Waals surface area contributed by atoms with Gasteiger partial charge in [0.2, 0.25) is 0 Å². The molecular weight excluding hydrogens is 212 g/mol. The van der Waals surface area contributed by atoms with E-state index in [-0.39, 0.29) is 6.61 Å². The molecule has 0 bridgehead atoms. The Morgan fingerprint density at radius 3 is 3.13 bits per heavy atom. The van der Waals surface area contributed by atoms with Crippen molar-refractivity contribution in [3.05, 3.63) is 5.82 Å². The predicted octanol–water partition coefficient (Wildman–Crippen LogP) is 0.324. The second-order valence-corrected chi connectivity index (χ2v) is 4.68. The standard InChI is InChI=1S/C9H16N4OS/c1-13-8(7-3-2-4-10-7)11-12-9(13)15-6-5-14/h7,10,14H,2-6H2,1H3/t7-/m0/s1. The molecule has 0 spiro atoms. The van der Waals surface area contributed by atoms with Gasteiger partial charge in [-0.25, -0.2) is 0 Å². The van der Waals surface area contributed by atoms with Gasteiger partial charge in [0.15, 0.2) is 11.0 Å².